The molecule has 1 fully saturated rings. The van der Waals surface area contributed by atoms with Crippen molar-refractivity contribution in [2.75, 3.05) is 5.73 Å². The number of nitro benzene ring substituents is 1. The molecule has 0 bridgehead atoms. The third-order valence-electron chi connectivity index (χ3n) is 3.39. The molecule has 0 aromatic heterocycles. The minimum absolute atomic E-state index is 0.124. The lowest BCUT2D eigenvalue weighted by atomic mass is 10.2. The second-order valence-electron chi connectivity index (χ2n) is 4.96. The van der Waals surface area contributed by atoms with Crippen molar-refractivity contribution in [3.8, 4) is 0 Å². The molecule has 0 aliphatic heterocycles. The predicted molar refractivity (Wildman–Crippen MR) is 74.6 cm³/mol. The number of hydrogen-bond acceptors (Lipinski definition) is 5. The summed E-state index contributed by atoms with van der Waals surface area (Å²) in [4.78, 5) is 9.86. The standard InChI is InChI=1S/C12H17N3O4S/c1-2-4-8-7-10(8)14-20(18,19)11-6-3-5-9(13)12(11)15(16)17/h3,5-6,8,10,14H,2,4,7,13H2,1H3. The normalized spacial score (nSPS) is 21.6. The molecule has 0 radical (unpaired) electrons. The van der Waals surface area contributed by atoms with Gasteiger partial charge in [0.05, 0.1) is 4.92 Å². The summed E-state index contributed by atoms with van der Waals surface area (Å²) in [7, 11) is -3.92. The van der Waals surface area contributed by atoms with Crippen molar-refractivity contribution < 1.29 is 13.3 Å². The minimum Gasteiger partial charge on any atom is -0.393 e. The summed E-state index contributed by atoms with van der Waals surface area (Å²) in [6.07, 6.45) is 2.72. The zero-order valence-corrected chi connectivity index (χ0v) is 11.9. The van der Waals surface area contributed by atoms with Crippen molar-refractivity contribution in [2.45, 2.75) is 37.1 Å². The molecule has 8 heteroatoms. The number of hydrogen-bond donors (Lipinski definition) is 2. The smallest absolute Gasteiger partial charge is 0.312 e. The van der Waals surface area contributed by atoms with Gasteiger partial charge in [-0.05, 0) is 30.9 Å². The van der Waals surface area contributed by atoms with Crippen LogP contribution in [-0.2, 0) is 10.0 Å². The molecule has 2 atom stereocenters. The summed E-state index contributed by atoms with van der Waals surface area (Å²) < 4.78 is 27.0. The molecule has 1 aliphatic rings. The Labute approximate surface area is 117 Å². The molecular formula is C12H17N3O4S. The van der Waals surface area contributed by atoms with E-state index in [0.29, 0.717) is 5.92 Å². The van der Waals surface area contributed by atoms with E-state index in [0.717, 1.165) is 19.3 Å². The molecule has 1 aromatic rings. The Morgan fingerprint density at radius 3 is 2.80 bits per heavy atom. The fourth-order valence-corrected chi connectivity index (χ4v) is 3.81. The molecule has 0 spiro atoms. The summed E-state index contributed by atoms with van der Waals surface area (Å²) in [6.45, 7) is 2.03. The van der Waals surface area contributed by atoms with Crippen LogP contribution in [0, 0.1) is 16.0 Å². The zero-order valence-electron chi connectivity index (χ0n) is 11.1. The van der Waals surface area contributed by atoms with Crippen molar-refractivity contribution >= 4 is 21.4 Å². The van der Waals surface area contributed by atoms with Gasteiger partial charge in [0.1, 0.15) is 5.69 Å². The molecule has 0 amide bonds. The van der Waals surface area contributed by atoms with Gasteiger partial charge < -0.3 is 5.73 Å². The monoisotopic (exact) mass is 299 g/mol. The Bertz CT molecular complexity index is 630. The van der Waals surface area contributed by atoms with E-state index in [2.05, 4.69) is 4.72 Å². The number of anilines is 1. The number of benzene rings is 1. The molecule has 0 heterocycles. The van der Waals surface area contributed by atoms with Crippen LogP contribution in [0.1, 0.15) is 26.2 Å². The van der Waals surface area contributed by atoms with E-state index in [9.17, 15) is 18.5 Å². The molecule has 110 valence electrons. The Kier molecular flexibility index (Phi) is 3.96. The Morgan fingerprint density at radius 2 is 2.20 bits per heavy atom. The number of nitro groups is 1. The highest BCUT2D eigenvalue weighted by molar-refractivity contribution is 7.89. The number of nitrogens with two attached hydrogens (primary N) is 1. The van der Waals surface area contributed by atoms with E-state index in [4.69, 9.17) is 5.73 Å². The van der Waals surface area contributed by atoms with E-state index in [-0.39, 0.29) is 16.6 Å². The third-order valence-corrected chi connectivity index (χ3v) is 4.91. The largest absolute Gasteiger partial charge is 0.393 e. The summed E-state index contributed by atoms with van der Waals surface area (Å²) >= 11 is 0. The molecule has 7 nitrogen and oxygen atoms in total. The van der Waals surface area contributed by atoms with Gasteiger partial charge in [0.25, 0.3) is 0 Å². The molecule has 2 rings (SSSR count). The second-order valence-corrected chi connectivity index (χ2v) is 6.65. The molecule has 1 saturated carbocycles. The van der Waals surface area contributed by atoms with Crippen molar-refractivity contribution in [3.63, 3.8) is 0 Å². The van der Waals surface area contributed by atoms with Crippen molar-refractivity contribution in [1.82, 2.24) is 4.72 Å². The van der Waals surface area contributed by atoms with Crippen LogP contribution >= 0.6 is 0 Å². The molecule has 3 N–H and O–H groups in total. The first-order valence-corrected chi connectivity index (χ1v) is 7.90. The average molecular weight is 299 g/mol. The maximum absolute atomic E-state index is 12.2. The van der Waals surface area contributed by atoms with Crippen LogP contribution in [-0.4, -0.2) is 19.4 Å². The summed E-state index contributed by atoms with van der Waals surface area (Å²) in [5.41, 5.74) is 4.79. The fourth-order valence-electron chi connectivity index (χ4n) is 2.30. The van der Waals surface area contributed by atoms with Gasteiger partial charge in [0, 0.05) is 6.04 Å². The van der Waals surface area contributed by atoms with Crippen LogP contribution in [0.15, 0.2) is 23.1 Å². The molecular weight excluding hydrogens is 282 g/mol. The van der Waals surface area contributed by atoms with Gasteiger partial charge in [0.15, 0.2) is 4.90 Å². The maximum atomic E-state index is 12.2. The molecule has 2 unspecified atom stereocenters. The number of para-hydroxylation sites is 1. The Balaban J connectivity index is 2.27. The van der Waals surface area contributed by atoms with Gasteiger partial charge in [-0.3, -0.25) is 10.1 Å². The van der Waals surface area contributed by atoms with Crippen molar-refractivity contribution in [2.24, 2.45) is 5.92 Å². The van der Waals surface area contributed by atoms with Gasteiger partial charge in [-0.25, -0.2) is 13.1 Å². The minimum atomic E-state index is -3.92. The fraction of sp³-hybridized carbons (Fsp3) is 0.500. The van der Waals surface area contributed by atoms with Gasteiger partial charge in [-0.2, -0.15) is 0 Å². The van der Waals surface area contributed by atoms with Crippen molar-refractivity contribution in [1.29, 1.82) is 0 Å². The first kappa shape index (κ1) is 14.7. The first-order valence-electron chi connectivity index (χ1n) is 6.42. The zero-order chi connectivity index (χ0) is 14.9. The number of nitrogens with zero attached hydrogens (tertiary/aromatic N) is 1. The summed E-state index contributed by atoms with van der Waals surface area (Å²) in [5.74, 6) is 0.329. The highest BCUT2D eigenvalue weighted by atomic mass is 32.2. The third kappa shape index (κ3) is 2.91. The lowest BCUT2D eigenvalue weighted by Gasteiger charge is -2.08. The van der Waals surface area contributed by atoms with Crippen molar-refractivity contribution in [3.05, 3.63) is 28.3 Å². The first-order chi connectivity index (χ1) is 9.36. The average Bonchev–Trinajstić information content (AvgIpc) is 3.06. The summed E-state index contributed by atoms with van der Waals surface area (Å²) in [5, 5.41) is 11.0. The number of nitrogen functional groups attached to an aromatic ring is 1. The Hall–Kier alpha value is -1.67. The molecule has 20 heavy (non-hydrogen) atoms. The topological polar surface area (TPSA) is 115 Å². The van der Waals surface area contributed by atoms with E-state index in [1.165, 1.54) is 18.2 Å². The lowest BCUT2D eigenvalue weighted by Crippen LogP contribution is -2.28. The van der Waals surface area contributed by atoms with Crippen LogP contribution in [0.2, 0.25) is 0 Å². The van der Waals surface area contributed by atoms with Gasteiger partial charge >= 0.3 is 5.69 Å². The van der Waals surface area contributed by atoms with E-state index in [1.807, 2.05) is 6.92 Å². The van der Waals surface area contributed by atoms with Crippen LogP contribution in [0.5, 0.6) is 0 Å². The summed E-state index contributed by atoms with van der Waals surface area (Å²) in [6, 6.07) is 3.79. The van der Waals surface area contributed by atoms with Gasteiger partial charge in [-0.1, -0.05) is 19.4 Å². The van der Waals surface area contributed by atoms with E-state index >= 15 is 0 Å². The van der Waals surface area contributed by atoms with Gasteiger partial charge in [-0.15, -0.1) is 0 Å². The Morgan fingerprint density at radius 1 is 1.50 bits per heavy atom. The highest BCUT2D eigenvalue weighted by Gasteiger charge is 2.41. The number of rotatable bonds is 6. The second kappa shape index (κ2) is 5.37. The van der Waals surface area contributed by atoms with Crippen LogP contribution in [0.3, 0.4) is 0 Å². The van der Waals surface area contributed by atoms with Crippen LogP contribution < -0.4 is 10.5 Å². The molecule has 1 aromatic carbocycles. The van der Waals surface area contributed by atoms with E-state index in [1.54, 1.807) is 0 Å². The molecule has 0 saturated heterocycles. The lowest BCUT2D eigenvalue weighted by molar-refractivity contribution is -0.386. The predicted octanol–water partition coefficient (Wildman–Crippen LogP) is 1.64. The number of sulfonamides is 1. The van der Waals surface area contributed by atoms with E-state index < -0.39 is 20.6 Å². The maximum Gasteiger partial charge on any atom is 0.312 e. The van der Waals surface area contributed by atoms with Crippen LogP contribution in [0.25, 0.3) is 0 Å². The highest BCUT2D eigenvalue weighted by Crippen LogP contribution is 2.37. The van der Waals surface area contributed by atoms with Gasteiger partial charge in [0.2, 0.25) is 10.0 Å². The SMILES string of the molecule is CCCC1CC1NS(=O)(=O)c1cccc(N)c1[N+](=O)[O-]. The number of nitrogens with one attached hydrogen (secondary N) is 1. The van der Waals surface area contributed by atoms with Crippen LogP contribution in [0.4, 0.5) is 11.4 Å². The quantitative estimate of drug-likeness (QED) is 0.470. The molecule has 1 aliphatic carbocycles.